The van der Waals surface area contributed by atoms with Gasteiger partial charge in [0.1, 0.15) is 0 Å². The monoisotopic (exact) mass is 1150 g/mol. The number of fused-ring (bicyclic) bond motifs is 6. The number of benzene rings is 10. The number of hydrogen-bond acceptors (Lipinski definition) is 3. The Hall–Kier alpha value is -7.53. The number of hydrogen-bond donors (Lipinski definition) is 0. The molecule has 0 fully saturated rings. The summed E-state index contributed by atoms with van der Waals surface area (Å²) in [5.41, 5.74) is 20.3. The van der Waals surface area contributed by atoms with Crippen molar-refractivity contribution in [1.82, 2.24) is 19.5 Å². The Kier molecular flexibility index (Phi) is 11.1. The van der Waals surface area contributed by atoms with E-state index < -0.39 is 5.41 Å². The van der Waals surface area contributed by atoms with Gasteiger partial charge in [-0.15, -0.1) is 0 Å². The third-order valence-corrected chi connectivity index (χ3v) is 15.9. The van der Waals surface area contributed by atoms with Crippen LogP contribution in [0.4, 0.5) is 0 Å². The molecule has 2 heterocycles. The highest BCUT2D eigenvalue weighted by molar-refractivity contribution is 14.1. The van der Waals surface area contributed by atoms with E-state index in [0.29, 0.717) is 17.5 Å². The van der Waals surface area contributed by atoms with Crippen LogP contribution >= 0.6 is 45.2 Å². The maximum atomic E-state index is 5.12. The van der Waals surface area contributed by atoms with E-state index in [-0.39, 0.29) is 0 Å². The van der Waals surface area contributed by atoms with Crippen molar-refractivity contribution in [3.63, 3.8) is 0 Å². The molecule has 12 aromatic rings. The molecular formula is C66H44I2N4. The zero-order chi connectivity index (χ0) is 48.5. The lowest BCUT2D eigenvalue weighted by Crippen LogP contribution is -2.28. The third kappa shape index (κ3) is 7.58. The minimum absolute atomic E-state index is 0.593. The summed E-state index contributed by atoms with van der Waals surface area (Å²) in [6.45, 7) is 4.34. The molecule has 0 saturated carbocycles. The Morgan fingerprint density at radius 2 is 0.847 bits per heavy atom. The third-order valence-electron chi connectivity index (χ3n) is 14.4. The summed E-state index contributed by atoms with van der Waals surface area (Å²) in [6.07, 6.45) is 0. The SMILES string of the molecule is Cc1ccc(C2(c3ccc(C)cc3)c3ccc(-c4ccc5c(c4)c4ccccc4n5-c4ccc(I)cc4)cc3-c3ccc(-c4cccc(-c5nc(-c6ccccc6)nc(-c6ccc(I)cc6)n5)c4)cc32)cc1. The first-order valence-corrected chi connectivity index (χ1v) is 26.4. The van der Waals surface area contributed by atoms with Crippen LogP contribution < -0.4 is 0 Å². The molecule has 1 aliphatic carbocycles. The second-order valence-corrected chi connectivity index (χ2v) is 21.3. The lowest BCUT2D eigenvalue weighted by atomic mass is 9.67. The molecule has 1 aliphatic rings. The van der Waals surface area contributed by atoms with Gasteiger partial charge in [0, 0.05) is 40.3 Å². The van der Waals surface area contributed by atoms with Gasteiger partial charge in [0.25, 0.3) is 0 Å². The first kappa shape index (κ1) is 44.4. The van der Waals surface area contributed by atoms with Gasteiger partial charge < -0.3 is 4.57 Å². The second-order valence-electron chi connectivity index (χ2n) is 18.8. The van der Waals surface area contributed by atoms with E-state index >= 15 is 0 Å². The van der Waals surface area contributed by atoms with Gasteiger partial charge in [0.15, 0.2) is 17.5 Å². The van der Waals surface area contributed by atoms with Crippen LogP contribution in [0.3, 0.4) is 0 Å². The van der Waals surface area contributed by atoms with Crippen LogP contribution in [0.25, 0.3) is 95.0 Å². The highest BCUT2D eigenvalue weighted by Crippen LogP contribution is 2.57. The molecule has 0 radical (unpaired) electrons. The molecule has 0 bridgehead atoms. The average molecular weight is 1150 g/mol. The van der Waals surface area contributed by atoms with Crippen LogP contribution in [-0.4, -0.2) is 19.5 Å². The minimum Gasteiger partial charge on any atom is -0.309 e. The number of para-hydroxylation sites is 1. The van der Waals surface area contributed by atoms with Gasteiger partial charge in [0.2, 0.25) is 0 Å². The van der Waals surface area contributed by atoms with Crippen molar-refractivity contribution < 1.29 is 0 Å². The molecule has 0 aliphatic heterocycles. The van der Waals surface area contributed by atoms with Gasteiger partial charge in [-0.05, 0) is 187 Å². The van der Waals surface area contributed by atoms with Crippen molar-refractivity contribution in [3.05, 3.63) is 271 Å². The van der Waals surface area contributed by atoms with Crippen molar-refractivity contribution in [2.75, 3.05) is 0 Å². The average Bonchev–Trinajstić information content (AvgIpc) is 3.91. The fourth-order valence-corrected chi connectivity index (χ4v) is 11.6. The van der Waals surface area contributed by atoms with E-state index in [1.165, 1.54) is 81.0 Å². The second kappa shape index (κ2) is 17.9. The molecule has 0 saturated heterocycles. The molecule has 0 spiro atoms. The topological polar surface area (TPSA) is 43.6 Å². The summed E-state index contributed by atoms with van der Waals surface area (Å²) >= 11 is 4.72. The molecule has 0 unspecified atom stereocenters. The molecule has 4 nitrogen and oxygen atoms in total. The van der Waals surface area contributed by atoms with E-state index in [1.54, 1.807) is 0 Å². The normalized spacial score (nSPS) is 12.6. The van der Waals surface area contributed by atoms with Gasteiger partial charge >= 0.3 is 0 Å². The Labute approximate surface area is 446 Å². The van der Waals surface area contributed by atoms with Crippen molar-refractivity contribution in [2.24, 2.45) is 0 Å². The molecule has 6 heteroatoms. The van der Waals surface area contributed by atoms with Crippen molar-refractivity contribution in [2.45, 2.75) is 19.3 Å². The Bertz CT molecular complexity index is 4000. The van der Waals surface area contributed by atoms with E-state index in [4.69, 9.17) is 15.0 Å². The lowest BCUT2D eigenvalue weighted by Gasteiger charge is -2.34. The van der Waals surface area contributed by atoms with Crippen LogP contribution in [-0.2, 0) is 5.41 Å². The number of aromatic nitrogens is 4. The van der Waals surface area contributed by atoms with Crippen LogP contribution in [0, 0.1) is 21.0 Å². The van der Waals surface area contributed by atoms with Gasteiger partial charge in [0.05, 0.1) is 16.4 Å². The smallest absolute Gasteiger partial charge is 0.164 e. The van der Waals surface area contributed by atoms with Gasteiger partial charge in [-0.3, -0.25) is 0 Å². The predicted octanol–water partition coefficient (Wildman–Crippen LogP) is 17.5. The molecule has 0 atom stereocenters. The van der Waals surface area contributed by atoms with E-state index in [2.05, 4.69) is 276 Å². The largest absolute Gasteiger partial charge is 0.309 e. The van der Waals surface area contributed by atoms with Gasteiger partial charge in [-0.25, -0.2) is 15.0 Å². The fraction of sp³-hybridized carbons (Fsp3) is 0.0455. The van der Waals surface area contributed by atoms with Crippen LogP contribution in [0.15, 0.2) is 231 Å². The molecule has 342 valence electrons. The highest BCUT2D eigenvalue weighted by atomic mass is 127. The van der Waals surface area contributed by atoms with Crippen molar-refractivity contribution in [1.29, 1.82) is 0 Å². The van der Waals surface area contributed by atoms with Crippen LogP contribution in [0.1, 0.15) is 33.4 Å². The lowest BCUT2D eigenvalue weighted by molar-refractivity contribution is 0.768. The van der Waals surface area contributed by atoms with Crippen LogP contribution in [0.5, 0.6) is 0 Å². The number of halogens is 2. The summed E-state index contributed by atoms with van der Waals surface area (Å²) in [6, 6.07) is 84.4. The zero-order valence-corrected chi connectivity index (χ0v) is 43.8. The van der Waals surface area contributed by atoms with E-state index in [1.807, 2.05) is 18.2 Å². The first-order valence-electron chi connectivity index (χ1n) is 24.2. The summed E-state index contributed by atoms with van der Waals surface area (Å²) in [5, 5.41) is 2.48. The highest BCUT2D eigenvalue weighted by Gasteiger charge is 2.46. The minimum atomic E-state index is -0.593. The van der Waals surface area contributed by atoms with Gasteiger partial charge in [-0.2, -0.15) is 0 Å². The quantitative estimate of drug-likeness (QED) is 0.142. The van der Waals surface area contributed by atoms with Crippen molar-refractivity contribution >= 4 is 67.0 Å². The summed E-state index contributed by atoms with van der Waals surface area (Å²) in [4.78, 5) is 15.2. The summed E-state index contributed by atoms with van der Waals surface area (Å²) in [5.74, 6) is 1.92. The summed E-state index contributed by atoms with van der Waals surface area (Å²) < 4.78 is 4.77. The molecule has 10 aromatic carbocycles. The number of rotatable bonds is 8. The molecule has 0 amide bonds. The number of aryl methyl sites for hydroxylation is 2. The van der Waals surface area contributed by atoms with E-state index in [0.717, 1.165) is 37.1 Å². The number of nitrogens with zero attached hydrogens (tertiary/aromatic N) is 4. The Morgan fingerprint density at radius 1 is 0.347 bits per heavy atom. The van der Waals surface area contributed by atoms with Crippen molar-refractivity contribution in [3.8, 4) is 73.2 Å². The maximum Gasteiger partial charge on any atom is 0.164 e. The molecule has 13 rings (SSSR count). The molecule has 2 aromatic heterocycles. The molecule has 72 heavy (non-hydrogen) atoms. The fourth-order valence-electron chi connectivity index (χ4n) is 10.9. The van der Waals surface area contributed by atoms with Gasteiger partial charge in [-0.1, -0.05) is 169 Å². The molecule has 0 N–H and O–H groups in total. The maximum absolute atomic E-state index is 5.12. The van der Waals surface area contributed by atoms with E-state index in [9.17, 15) is 0 Å². The predicted molar refractivity (Wildman–Crippen MR) is 314 cm³/mol. The standard InChI is InChI=1S/C66H44I2N4/c1-41-15-24-50(25-16-41)66(51-26-17-42(2)18-27-51)59-35-22-46(47-23-36-62-58(39-47)56-13-6-7-14-61(56)72(62)54-32-30-53(68)31-33-54)38-57(59)55-34-21-48(40-60(55)66)45-11-8-12-49(37-45)65-70-63(43-9-4-3-5-10-43)69-64(71-65)44-19-28-52(67)29-20-44/h3-40H,1-2H3. The Balaban J connectivity index is 0.984. The zero-order valence-electron chi connectivity index (χ0n) is 39.5. The first-order chi connectivity index (χ1) is 35.3. The molecular weight excluding hydrogens is 1100 g/mol. The Morgan fingerprint density at radius 3 is 1.54 bits per heavy atom. The van der Waals surface area contributed by atoms with Crippen LogP contribution in [0.2, 0.25) is 0 Å². The summed E-state index contributed by atoms with van der Waals surface area (Å²) in [7, 11) is 0.